The van der Waals surface area contributed by atoms with E-state index in [4.69, 9.17) is 9.53 Å². The lowest BCUT2D eigenvalue weighted by molar-refractivity contribution is -0.106. The largest absolute Gasteiger partial charge is 0.381 e. The molecule has 1 heterocycles. The molecule has 0 bridgehead atoms. The lowest BCUT2D eigenvalue weighted by Gasteiger charge is -2.09. The number of hydrogen-bond acceptors (Lipinski definition) is 2. The lowest BCUT2D eigenvalue weighted by atomic mass is 10.4. The summed E-state index contributed by atoms with van der Waals surface area (Å²) in [6.45, 7) is 2.00. The van der Waals surface area contributed by atoms with E-state index in [2.05, 4.69) is 5.73 Å². The molecule has 0 unspecified atom stereocenters. The zero-order valence-corrected chi connectivity index (χ0v) is 4.09. The van der Waals surface area contributed by atoms with Gasteiger partial charge in [-0.25, -0.2) is 0 Å². The lowest BCUT2D eigenvalue weighted by Crippen LogP contribution is -2.09. The molecule has 42 valence electrons. The van der Waals surface area contributed by atoms with Gasteiger partial charge in [0.1, 0.15) is 0 Å². The maximum Gasteiger partial charge on any atom is 0.204 e. The molecule has 3 heteroatoms. The van der Waals surface area contributed by atoms with Crippen molar-refractivity contribution in [2.45, 2.75) is 6.42 Å². The Balaban J connectivity index is 0.000000110. The monoisotopic (exact) mass is 103 g/mol. The summed E-state index contributed by atoms with van der Waals surface area (Å²) >= 11 is 0. The van der Waals surface area contributed by atoms with Gasteiger partial charge in [-0.05, 0) is 6.42 Å². The molecule has 0 atom stereocenters. The fourth-order valence-electron chi connectivity index (χ4n) is 0.144. The topological polar surface area (TPSA) is 52.3 Å². The van der Waals surface area contributed by atoms with Gasteiger partial charge in [0.25, 0.3) is 0 Å². The standard InChI is InChI=1S/C3H6O.CH3NO/c1-2-4-3-1;2-1-3/h1-3H2;1H,(H2,2,3). The minimum Gasteiger partial charge on any atom is -0.381 e. The second-order valence-electron chi connectivity index (χ2n) is 1.10. The number of nitrogens with two attached hydrogens (primary N) is 1. The highest BCUT2D eigenvalue weighted by molar-refractivity contribution is 5.42. The number of hydrogen-bond donors (Lipinski definition) is 1. The number of primary amides is 1. The van der Waals surface area contributed by atoms with Gasteiger partial charge in [-0.3, -0.25) is 4.79 Å². The van der Waals surface area contributed by atoms with Crippen LogP contribution >= 0.6 is 0 Å². The quantitative estimate of drug-likeness (QED) is 0.420. The molecular weight excluding hydrogens is 94.0 g/mol. The maximum atomic E-state index is 8.58. The van der Waals surface area contributed by atoms with E-state index < -0.39 is 0 Å². The van der Waals surface area contributed by atoms with Crippen LogP contribution < -0.4 is 5.73 Å². The van der Waals surface area contributed by atoms with Crippen molar-refractivity contribution in [2.24, 2.45) is 5.73 Å². The van der Waals surface area contributed by atoms with Gasteiger partial charge in [-0.1, -0.05) is 0 Å². The number of rotatable bonds is 0. The van der Waals surface area contributed by atoms with Crippen molar-refractivity contribution in [1.82, 2.24) is 0 Å². The summed E-state index contributed by atoms with van der Waals surface area (Å²) < 4.78 is 4.72. The first-order valence-electron chi connectivity index (χ1n) is 2.15. The summed E-state index contributed by atoms with van der Waals surface area (Å²) in [6.07, 6.45) is 1.53. The molecule has 1 aliphatic heterocycles. The normalized spacial score (nSPS) is 15.4. The van der Waals surface area contributed by atoms with Gasteiger partial charge in [0.05, 0.1) is 0 Å². The van der Waals surface area contributed by atoms with E-state index in [0.717, 1.165) is 13.2 Å². The summed E-state index contributed by atoms with van der Waals surface area (Å²) in [7, 11) is 0. The van der Waals surface area contributed by atoms with E-state index in [9.17, 15) is 0 Å². The Labute approximate surface area is 42.4 Å². The number of ether oxygens (including phenoxy) is 1. The maximum absolute atomic E-state index is 8.58. The van der Waals surface area contributed by atoms with Crippen LogP contribution in [0.5, 0.6) is 0 Å². The second kappa shape index (κ2) is 5.43. The average molecular weight is 103 g/mol. The minimum atomic E-state index is 0.250. The third kappa shape index (κ3) is 5.43. The van der Waals surface area contributed by atoms with Crippen LogP contribution in [0.1, 0.15) is 6.42 Å². The summed E-state index contributed by atoms with van der Waals surface area (Å²) in [4.78, 5) is 8.58. The van der Waals surface area contributed by atoms with E-state index in [-0.39, 0.29) is 6.41 Å². The molecule has 3 nitrogen and oxygen atoms in total. The number of carbonyl (C=O) groups excluding carboxylic acids is 1. The fraction of sp³-hybridized carbons (Fsp3) is 0.750. The Hall–Kier alpha value is -0.570. The summed E-state index contributed by atoms with van der Waals surface area (Å²) in [5.74, 6) is 0. The van der Waals surface area contributed by atoms with Gasteiger partial charge in [-0.15, -0.1) is 0 Å². The minimum absolute atomic E-state index is 0.250. The molecular formula is C4H9NO2. The molecule has 0 aromatic heterocycles. The first kappa shape index (κ1) is 6.43. The van der Waals surface area contributed by atoms with Gasteiger partial charge in [0, 0.05) is 13.2 Å². The summed E-state index contributed by atoms with van der Waals surface area (Å²) in [5.41, 5.74) is 4.17. The van der Waals surface area contributed by atoms with E-state index in [1.54, 1.807) is 0 Å². The molecule has 1 aliphatic rings. The van der Waals surface area contributed by atoms with Crippen LogP contribution in [0.25, 0.3) is 0 Å². The molecule has 1 fully saturated rings. The van der Waals surface area contributed by atoms with Crippen LogP contribution in [-0.4, -0.2) is 19.6 Å². The van der Waals surface area contributed by atoms with E-state index in [0.29, 0.717) is 0 Å². The van der Waals surface area contributed by atoms with Crippen LogP contribution in [0.4, 0.5) is 0 Å². The summed E-state index contributed by atoms with van der Waals surface area (Å²) in [6, 6.07) is 0. The predicted molar refractivity (Wildman–Crippen MR) is 25.7 cm³/mol. The Kier molecular flexibility index (Phi) is 4.99. The third-order valence-electron chi connectivity index (χ3n) is 0.577. The molecule has 0 aromatic carbocycles. The molecule has 0 aliphatic carbocycles. The molecule has 1 saturated heterocycles. The Morgan fingerprint density at radius 3 is 1.71 bits per heavy atom. The molecule has 0 radical (unpaired) electrons. The van der Waals surface area contributed by atoms with Crippen molar-refractivity contribution in [2.75, 3.05) is 13.2 Å². The van der Waals surface area contributed by atoms with Crippen molar-refractivity contribution in [1.29, 1.82) is 0 Å². The van der Waals surface area contributed by atoms with E-state index in [1.165, 1.54) is 6.42 Å². The smallest absolute Gasteiger partial charge is 0.204 e. The number of carbonyl (C=O) groups is 1. The highest BCUT2D eigenvalue weighted by Gasteiger charge is 1.94. The Morgan fingerprint density at radius 1 is 1.57 bits per heavy atom. The van der Waals surface area contributed by atoms with Crippen LogP contribution in [0.15, 0.2) is 0 Å². The highest BCUT2D eigenvalue weighted by atomic mass is 16.5. The highest BCUT2D eigenvalue weighted by Crippen LogP contribution is 1.92. The fourth-order valence-corrected chi connectivity index (χ4v) is 0.144. The van der Waals surface area contributed by atoms with Gasteiger partial charge in [0.2, 0.25) is 6.41 Å². The van der Waals surface area contributed by atoms with Crippen molar-refractivity contribution < 1.29 is 9.53 Å². The van der Waals surface area contributed by atoms with Gasteiger partial charge in [-0.2, -0.15) is 0 Å². The average Bonchev–Trinajstić information content (AvgIpc) is 1.27. The van der Waals surface area contributed by atoms with Gasteiger partial charge >= 0.3 is 0 Å². The van der Waals surface area contributed by atoms with Crippen LogP contribution in [-0.2, 0) is 9.53 Å². The molecule has 1 rings (SSSR count). The number of amides is 1. The zero-order valence-electron chi connectivity index (χ0n) is 4.09. The van der Waals surface area contributed by atoms with Crippen molar-refractivity contribution >= 4 is 6.41 Å². The molecule has 0 aromatic rings. The zero-order chi connectivity index (χ0) is 5.54. The Morgan fingerprint density at radius 2 is 1.71 bits per heavy atom. The molecule has 1 amide bonds. The van der Waals surface area contributed by atoms with Crippen LogP contribution in [0, 0.1) is 0 Å². The van der Waals surface area contributed by atoms with Crippen molar-refractivity contribution in [3.05, 3.63) is 0 Å². The van der Waals surface area contributed by atoms with Gasteiger partial charge in [0.15, 0.2) is 0 Å². The SMILES string of the molecule is C1COC1.NC=O. The van der Waals surface area contributed by atoms with Crippen LogP contribution in [0.3, 0.4) is 0 Å². The molecule has 7 heavy (non-hydrogen) atoms. The molecule has 0 saturated carbocycles. The van der Waals surface area contributed by atoms with Gasteiger partial charge < -0.3 is 10.5 Å². The molecule has 2 N–H and O–H groups in total. The first-order valence-corrected chi connectivity index (χ1v) is 2.15. The van der Waals surface area contributed by atoms with Crippen molar-refractivity contribution in [3.63, 3.8) is 0 Å². The predicted octanol–water partition coefficient (Wildman–Crippen LogP) is -0.492. The third-order valence-corrected chi connectivity index (χ3v) is 0.577. The summed E-state index contributed by atoms with van der Waals surface area (Å²) in [5, 5.41) is 0. The van der Waals surface area contributed by atoms with E-state index >= 15 is 0 Å². The second-order valence-corrected chi connectivity index (χ2v) is 1.10. The van der Waals surface area contributed by atoms with Crippen molar-refractivity contribution in [3.8, 4) is 0 Å². The van der Waals surface area contributed by atoms with Crippen LogP contribution in [0.2, 0.25) is 0 Å². The Bertz CT molecular complexity index is 39.0. The van der Waals surface area contributed by atoms with E-state index in [1.807, 2.05) is 0 Å². The molecule has 0 spiro atoms. The first-order chi connectivity index (χ1) is 3.41.